The molecule has 4 heteroatoms. The second-order valence-corrected chi connectivity index (χ2v) is 4.96. The van der Waals surface area contributed by atoms with Crippen LogP contribution in [0.2, 0.25) is 0 Å². The van der Waals surface area contributed by atoms with Gasteiger partial charge in [0.05, 0.1) is 0 Å². The van der Waals surface area contributed by atoms with Crippen LogP contribution < -0.4 is 5.32 Å². The summed E-state index contributed by atoms with van der Waals surface area (Å²) in [7, 11) is 0. The summed E-state index contributed by atoms with van der Waals surface area (Å²) in [5, 5.41) is 31.8. The largest absolute Gasteiger partial charge is 0.504 e. The molecule has 0 amide bonds. The van der Waals surface area contributed by atoms with Gasteiger partial charge in [0, 0.05) is 18.2 Å². The van der Waals surface area contributed by atoms with Gasteiger partial charge < -0.3 is 20.6 Å². The van der Waals surface area contributed by atoms with E-state index in [1.807, 2.05) is 32.0 Å². The zero-order valence-corrected chi connectivity index (χ0v) is 11.6. The van der Waals surface area contributed by atoms with Crippen LogP contribution in [-0.4, -0.2) is 15.3 Å². The van der Waals surface area contributed by atoms with Gasteiger partial charge in [-0.2, -0.15) is 0 Å². The van der Waals surface area contributed by atoms with Crippen molar-refractivity contribution in [1.82, 2.24) is 5.32 Å². The third kappa shape index (κ3) is 3.03. The molecule has 2 rings (SSSR count). The summed E-state index contributed by atoms with van der Waals surface area (Å²) in [6, 6.07) is 11.3. The molecule has 0 aliphatic heterocycles. The first-order valence-corrected chi connectivity index (χ1v) is 6.51. The maximum Gasteiger partial charge on any atom is 0.200 e. The van der Waals surface area contributed by atoms with E-state index in [0.29, 0.717) is 12.1 Å². The van der Waals surface area contributed by atoms with Gasteiger partial charge in [0.2, 0.25) is 5.75 Å². The minimum Gasteiger partial charge on any atom is -0.504 e. The van der Waals surface area contributed by atoms with Crippen LogP contribution in [0.5, 0.6) is 17.2 Å². The maximum atomic E-state index is 9.76. The molecule has 0 spiro atoms. The Morgan fingerprint density at radius 2 is 1.80 bits per heavy atom. The quantitative estimate of drug-likeness (QED) is 0.646. The van der Waals surface area contributed by atoms with Crippen LogP contribution in [0.25, 0.3) is 0 Å². The molecule has 0 aromatic heterocycles. The molecule has 106 valence electrons. The van der Waals surface area contributed by atoms with Crippen molar-refractivity contribution in [2.45, 2.75) is 26.4 Å². The van der Waals surface area contributed by atoms with Crippen molar-refractivity contribution in [3.05, 3.63) is 53.1 Å². The van der Waals surface area contributed by atoms with Gasteiger partial charge in [0.25, 0.3) is 0 Å². The highest BCUT2D eigenvalue weighted by atomic mass is 16.3. The topological polar surface area (TPSA) is 72.7 Å². The number of nitrogens with one attached hydrogen (secondary N) is 1. The molecule has 1 atom stereocenters. The van der Waals surface area contributed by atoms with Gasteiger partial charge in [-0.15, -0.1) is 0 Å². The first-order valence-electron chi connectivity index (χ1n) is 6.51. The van der Waals surface area contributed by atoms with Gasteiger partial charge in [0.15, 0.2) is 11.5 Å². The lowest BCUT2D eigenvalue weighted by Gasteiger charge is -2.16. The molecular formula is C16H19NO3. The molecule has 0 aliphatic carbocycles. The Balaban J connectivity index is 2.07. The molecule has 20 heavy (non-hydrogen) atoms. The molecular weight excluding hydrogens is 254 g/mol. The smallest absolute Gasteiger partial charge is 0.200 e. The molecule has 0 unspecified atom stereocenters. The zero-order valence-electron chi connectivity index (χ0n) is 11.6. The van der Waals surface area contributed by atoms with E-state index in [0.717, 1.165) is 5.56 Å². The van der Waals surface area contributed by atoms with E-state index < -0.39 is 5.75 Å². The number of hydrogen-bond donors (Lipinski definition) is 4. The molecule has 0 saturated carbocycles. The van der Waals surface area contributed by atoms with Crippen molar-refractivity contribution in [2.75, 3.05) is 0 Å². The first kappa shape index (κ1) is 14.2. The van der Waals surface area contributed by atoms with Crippen molar-refractivity contribution in [1.29, 1.82) is 0 Å². The van der Waals surface area contributed by atoms with Gasteiger partial charge in [-0.25, -0.2) is 0 Å². The fraction of sp³-hybridized carbons (Fsp3) is 0.250. The van der Waals surface area contributed by atoms with Crippen molar-refractivity contribution in [3.63, 3.8) is 0 Å². The summed E-state index contributed by atoms with van der Waals surface area (Å²) >= 11 is 0. The number of benzene rings is 2. The van der Waals surface area contributed by atoms with E-state index in [9.17, 15) is 15.3 Å². The highest BCUT2D eigenvalue weighted by Crippen LogP contribution is 2.37. The van der Waals surface area contributed by atoms with E-state index in [2.05, 4.69) is 11.4 Å². The molecule has 0 radical (unpaired) electrons. The Morgan fingerprint density at radius 3 is 2.50 bits per heavy atom. The number of aromatic hydroxyl groups is 3. The van der Waals surface area contributed by atoms with Gasteiger partial charge in [-0.3, -0.25) is 0 Å². The molecule has 0 fully saturated rings. The summed E-state index contributed by atoms with van der Waals surface area (Å²) in [6.07, 6.45) is 0. The second-order valence-electron chi connectivity index (χ2n) is 4.96. The normalized spacial score (nSPS) is 12.3. The highest BCUT2D eigenvalue weighted by molar-refractivity contribution is 5.53. The van der Waals surface area contributed by atoms with Crippen LogP contribution in [-0.2, 0) is 6.54 Å². The third-order valence-corrected chi connectivity index (χ3v) is 3.35. The number of phenols is 3. The summed E-state index contributed by atoms with van der Waals surface area (Å²) < 4.78 is 0. The van der Waals surface area contributed by atoms with Gasteiger partial charge in [-0.05, 0) is 25.5 Å². The number of rotatable bonds is 4. The Morgan fingerprint density at radius 1 is 1.05 bits per heavy atom. The average molecular weight is 273 g/mol. The predicted octanol–water partition coefficient (Wildman–Crippen LogP) is 2.96. The lowest BCUT2D eigenvalue weighted by molar-refractivity contribution is 0.363. The van der Waals surface area contributed by atoms with E-state index in [4.69, 9.17) is 0 Å². The van der Waals surface area contributed by atoms with Crippen molar-refractivity contribution >= 4 is 0 Å². The number of hydrogen-bond acceptors (Lipinski definition) is 4. The molecule has 0 heterocycles. The highest BCUT2D eigenvalue weighted by Gasteiger charge is 2.12. The fourth-order valence-electron chi connectivity index (χ4n) is 2.07. The molecule has 4 nitrogen and oxygen atoms in total. The molecule has 2 aromatic rings. The third-order valence-electron chi connectivity index (χ3n) is 3.35. The van der Waals surface area contributed by atoms with Gasteiger partial charge in [0.1, 0.15) is 0 Å². The summed E-state index contributed by atoms with van der Waals surface area (Å²) in [5.41, 5.74) is 2.90. The monoisotopic (exact) mass is 273 g/mol. The standard InChI is InChI=1S/C16H19NO3/c1-10-4-3-5-12(8-10)11(2)17-9-13-6-7-14(18)16(20)15(13)19/h3-8,11,17-20H,9H2,1-2H3/t11-/m0/s1. The minimum absolute atomic E-state index is 0.116. The lowest BCUT2D eigenvalue weighted by atomic mass is 10.1. The maximum absolute atomic E-state index is 9.76. The van der Waals surface area contributed by atoms with Crippen molar-refractivity contribution < 1.29 is 15.3 Å². The SMILES string of the molecule is Cc1cccc([C@H](C)NCc2ccc(O)c(O)c2O)c1. The van der Waals surface area contributed by atoms with Crippen molar-refractivity contribution in [3.8, 4) is 17.2 Å². The Bertz CT molecular complexity index is 611. The Labute approximate surface area is 118 Å². The van der Waals surface area contributed by atoms with E-state index in [1.54, 1.807) is 6.07 Å². The minimum atomic E-state index is -0.479. The molecule has 0 bridgehead atoms. The molecule has 0 saturated heterocycles. The molecule has 2 aromatic carbocycles. The van der Waals surface area contributed by atoms with Crippen LogP contribution in [0.15, 0.2) is 36.4 Å². The average Bonchev–Trinajstić information content (AvgIpc) is 2.44. The van der Waals surface area contributed by atoms with E-state index in [-0.39, 0.29) is 17.5 Å². The van der Waals surface area contributed by atoms with Gasteiger partial charge in [-0.1, -0.05) is 35.9 Å². The van der Waals surface area contributed by atoms with Gasteiger partial charge >= 0.3 is 0 Å². The lowest BCUT2D eigenvalue weighted by Crippen LogP contribution is -2.18. The van der Waals surface area contributed by atoms with Crippen LogP contribution >= 0.6 is 0 Å². The number of phenolic OH excluding ortho intramolecular Hbond substituents is 3. The van der Waals surface area contributed by atoms with Crippen LogP contribution in [0.4, 0.5) is 0 Å². The van der Waals surface area contributed by atoms with E-state index >= 15 is 0 Å². The zero-order chi connectivity index (χ0) is 14.7. The van der Waals surface area contributed by atoms with Crippen LogP contribution in [0, 0.1) is 6.92 Å². The number of aryl methyl sites for hydroxylation is 1. The summed E-state index contributed by atoms with van der Waals surface area (Å²) in [6.45, 7) is 4.47. The van der Waals surface area contributed by atoms with Crippen molar-refractivity contribution in [2.24, 2.45) is 0 Å². The fourth-order valence-corrected chi connectivity index (χ4v) is 2.07. The Kier molecular flexibility index (Phi) is 4.15. The second kappa shape index (κ2) is 5.84. The molecule has 0 aliphatic rings. The van der Waals surface area contributed by atoms with Crippen LogP contribution in [0.3, 0.4) is 0 Å². The van der Waals surface area contributed by atoms with Crippen LogP contribution in [0.1, 0.15) is 29.7 Å². The van der Waals surface area contributed by atoms with E-state index in [1.165, 1.54) is 11.6 Å². The Hall–Kier alpha value is -2.20. The molecule has 4 N–H and O–H groups in total. The summed E-state index contributed by atoms with van der Waals surface area (Å²) in [4.78, 5) is 0. The first-order chi connectivity index (χ1) is 9.49. The summed E-state index contributed by atoms with van der Waals surface area (Å²) in [5.74, 6) is -1.08. The predicted molar refractivity (Wildman–Crippen MR) is 77.9 cm³/mol.